The van der Waals surface area contributed by atoms with Crippen molar-refractivity contribution in [1.29, 1.82) is 0 Å². The molecule has 0 spiro atoms. The zero-order chi connectivity index (χ0) is 30.2. The second-order valence-corrected chi connectivity index (χ2v) is 12.7. The number of hydrogen-bond acceptors (Lipinski definition) is 8. The Kier molecular flexibility index (Phi) is 8.48. The molecular formula is C34H43NO7. The fourth-order valence-corrected chi connectivity index (χ4v) is 8.34. The minimum atomic E-state index is -1.34. The molecule has 4 aliphatic carbocycles. The summed E-state index contributed by atoms with van der Waals surface area (Å²) in [7, 11) is 4.03. The van der Waals surface area contributed by atoms with Crippen LogP contribution in [0, 0.1) is 17.3 Å². The SMILES string of the molecule is CCC(=O)OCOCC(=O)[C@@]1(OC(C)=O)CCC2C3CCC4=CC(=O)CCC4=C3C(c3ccc(N(C)C)cc3)C[C@@]21C. The van der Waals surface area contributed by atoms with Crippen LogP contribution in [0.3, 0.4) is 0 Å². The Balaban J connectivity index is 1.57. The predicted octanol–water partition coefficient (Wildman–Crippen LogP) is 5.45. The highest BCUT2D eigenvalue weighted by Gasteiger charge is 2.68. The first-order valence-electron chi connectivity index (χ1n) is 15.2. The summed E-state index contributed by atoms with van der Waals surface area (Å²) in [6.45, 7) is 4.56. The van der Waals surface area contributed by atoms with Crippen LogP contribution in [0.4, 0.5) is 5.69 Å². The fraction of sp³-hybridized carbons (Fsp3) is 0.588. The van der Waals surface area contributed by atoms with E-state index in [0.717, 1.165) is 31.4 Å². The van der Waals surface area contributed by atoms with E-state index in [1.165, 1.54) is 29.2 Å². The first-order chi connectivity index (χ1) is 20.0. The first kappa shape index (κ1) is 30.2. The number of fused-ring (bicyclic) bond motifs is 4. The summed E-state index contributed by atoms with van der Waals surface area (Å²) in [6.07, 6.45) is 6.92. The maximum Gasteiger partial charge on any atom is 0.307 e. The van der Waals surface area contributed by atoms with Gasteiger partial charge >= 0.3 is 11.9 Å². The molecule has 8 heteroatoms. The molecule has 2 saturated carbocycles. The normalized spacial score (nSPS) is 30.1. The van der Waals surface area contributed by atoms with Crippen molar-refractivity contribution in [3.63, 3.8) is 0 Å². The lowest BCUT2D eigenvalue weighted by Gasteiger charge is -2.55. The highest BCUT2D eigenvalue weighted by Crippen LogP contribution is 2.67. The molecule has 42 heavy (non-hydrogen) atoms. The molecule has 3 unspecified atom stereocenters. The lowest BCUT2D eigenvalue weighted by Crippen LogP contribution is -2.58. The molecule has 8 nitrogen and oxygen atoms in total. The van der Waals surface area contributed by atoms with Crippen molar-refractivity contribution in [2.45, 2.75) is 83.7 Å². The largest absolute Gasteiger partial charge is 0.451 e. The van der Waals surface area contributed by atoms with Crippen molar-refractivity contribution in [2.75, 3.05) is 32.4 Å². The van der Waals surface area contributed by atoms with Gasteiger partial charge in [-0.25, -0.2) is 0 Å². The van der Waals surface area contributed by atoms with Gasteiger partial charge in [0.1, 0.15) is 6.61 Å². The number of rotatable bonds is 9. The molecule has 2 fully saturated rings. The lowest BCUT2D eigenvalue weighted by atomic mass is 9.50. The Morgan fingerprint density at radius 2 is 1.79 bits per heavy atom. The quantitative estimate of drug-likeness (QED) is 0.217. The molecule has 5 atom stereocenters. The number of nitrogens with zero attached hydrogens (tertiary/aromatic N) is 1. The lowest BCUT2D eigenvalue weighted by molar-refractivity contribution is -0.188. The van der Waals surface area contributed by atoms with E-state index in [9.17, 15) is 19.2 Å². The molecule has 1 aromatic carbocycles. The molecular weight excluding hydrogens is 534 g/mol. The average molecular weight is 578 g/mol. The number of hydrogen-bond donors (Lipinski definition) is 0. The number of allylic oxidation sites excluding steroid dienone is 4. The number of benzene rings is 1. The number of ether oxygens (including phenoxy) is 3. The summed E-state index contributed by atoms with van der Waals surface area (Å²) in [5.74, 6) is -0.601. The van der Waals surface area contributed by atoms with Gasteiger partial charge in [0.2, 0.25) is 5.78 Å². The number of esters is 2. The monoisotopic (exact) mass is 577 g/mol. The van der Waals surface area contributed by atoms with Crippen LogP contribution in [0.5, 0.6) is 0 Å². The highest BCUT2D eigenvalue weighted by molar-refractivity contribution is 5.93. The molecule has 0 saturated heterocycles. The van der Waals surface area contributed by atoms with Gasteiger partial charge in [0.25, 0.3) is 0 Å². The Hall–Kier alpha value is -3.26. The fourth-order valence-electron chi connectivity index (χ4n) is 8.34. The van der Waals surface area contributed by atoms with Crippen LogP contribution in [0.2, 0.25) is 0 Å². The molecule has 1 aromatic rings. The van der Waals surface area contributed by atoms with Crippen LogP contribution in [-0.2, 0) is 33.4 Å². The van der Waals surface area contributed by atoms with Crippen molar-refractivity contribution in [2.24, 2.45) is 17.3 Å². The second kappa shape index (κ2) is 11.8. The first-order valence-corrected chi connectivity index (χ1v) is 15.2. The van der Waals surface area contributed by atoms with Crippen LogP contribution in [-0.4, -0.2) is 56.6 Å². The molecule has 0 heterocycles. The average Bonchev–Trinajstić information content (AvgIpc) is 3.26. The number of ketones is 2. The topological polar surface area (TPSA) is 99.2 Å². The van der Waals surface area contributed by atoms with Gasteiger partial charge in [-0.05, 0) is 85.3 Å². The van der Waals surface area contributed by atoms with E-state index in [-0.39, 0.29) is 49.1 Å². The van der Waals surface area contributed by atoms with Crippen LogP contribution in [0.1, 0.15) is 83.6 Å². The standard InChI is InChI=1S/C34H43NO7/c1-6-31(39)41-20-40-19-30(38)34(42-21(2)36)16-15-29-27-13-9-23-17-25(37)12-14-26(23)32(27)28(18-33(29,34)3)22-7-10-24(11-8-22)35(4)5/h7-8,10-11,17,27-29H,6,9,12-16,18-20H2,1-5H3/t27?,28?,29?,33-,34-/m0/s1. The summed E-state index contributed by atoms with van der Waals surface area (Å²) in [4.78, 5) is 52.6. The summed E-state index contributed by atoms with van der Waals surface area (Å²) in [5, 5.41) is 0. The Morgan fingerprint density at radius 1 is 1.05 bits per heavy atom. The zero-order valence-corrected chi connectivity index (χ0v) is 25.5. The molecule has 0 amide bonds. The third kappa shape index (κ3) is 5.23. The van der Waals surface area contributed by atoms with Crippen LogP contribution < -0.4 is 4.90 Å². The van der Waals surface area contributed by atoms with E-state index in [4.69, 9.17) is 14.2 Å². The molecule has 226 valence electrons. The van der Waals surface area contributed by atoms with Crippen molar-refractivity contribution in [1.82, 2.24) is 0 Å². The van der Waals surface area contributed by atoms with E-state index in [0.29, 0.717) is 19.3 Å². The summed E-state index contributed by atoms with van der Waals surface area (Å²) in [5.41, 5.74) is 4.21. The highest BCUT2D eigenvalue weighted by atomic mass is 16.7. The third-order valence-corrected chi connectivity index (χ3v) is 10.3. The smallest absolute Gasteiger partial charge is 0.307 e. The van der Waals surface area contributed by atoms with Gasteiger partial charge in [0, 0.05) is 50.9 Å². The van der Waals surface area contributed by atoms with Crippen LogP contribution in [0.15, 0.2) is 47.1 Å². The van der Waals surface area contributed by atoms with Crippen molar-refractivity contribution in [3.8, 4) is 0 Å². The van der Waals surface area contributed by atoms with E-state index < -0.39 is 23.0 Å². The van der Waals surface area contributed by atoms with E-state index in [1.807, 2.05) is 20.2 Å². The van der Waals surface area contributed by atoms with Gasteiger partial charge in [0.05, 0.1) is 0 Å². The van der Waals surface area contributed by atoms with Gasteiger partial charge in [-0.1, -0.05) is 31.6 Å². The zero-order valence-electron chi connectivity index (χ0n) is 25.5. The molecule has 0 bridgehead atoms. The molecule has 0 radical (unpaired) electrons. The minimum absolute atomic E-state index is 0.0200. The number of carbonyl (C=O) groups is 4. The number of Topliss-reactive ketones (excluding diaryl/α,β-unsaturated/α-hetero) is 1. The maximum atomic E-state index is 14.1. The second-order valence-electron chi connectivity index (χ2n) is 12.7. The van der Waals surface area contributed by atoms with Crippen LogP contribution >= 0.6 is 0 Å². The summed E-state index contributed by atoms with van der Waals surface area (Å²) < 4.78 is 16.6. The predicted molar refractivity (Wildman–Crippen MR) is 158 cm³/mol. The molecule has 0 N–H and O–H groups in total. The van der Waals surface area contributed by atoms with E-state index in [2.05, 4.69) is 36.1 Å². The summed E-state index contributed by atoms with van der Waals surface area (Å²) in [6, 6.07) is 8.60. The molecule has 0 aliphatic heterocycles. The number of anilines is 1. The maximum absolute atomic E-state index is 14.1. The third-order valence-electron chi connectivity index (χ3n) is 10.3. The van der Waals surface area contributed by atoms with Crippen molar-refractivity contribution < 1.29 is 33.4 Å². The van der Waals surface area contributed by atoms with Crippen molar-refractivity contribution in [3.05, 3.63) is 52.6 Å². The van der Waals surface area contributed by atoms with E-state index in [1.54, 1.807) is 6.92 Å². The van der Waals surface area contributed by atoms with E-state index >= 15 is 0 Å². The van der Waals surface area contributed by atoms with Gasteiger partial charge in [-0.3, -0.25) is 19.2 Å². The van der Waals surface area contributed by atoms with Gasteiger partial charge in [-0.15, -0.1) is 0 Å². The Morgan fingerprint density at radius 3 is 2.45 bits per heavy atom. The van der Waals surface area contributed by atoms with Gasteiger partial charge in [-0.2, -0.15) is 0 Å². The molecule has 5 rings (SSSR count). The van der Waals surface area contributed by atoms with Gasteiger partial charge in [0.15, 0.2) is 18.2 Å². The summed E-state index contributed by atoms with van der Waals surface area (Å²) >= 11 is 0. The van der Waals surface area contributed by atoms with Gasteiger partial charge < -0.3 is 19.1 Å². The Labute approximate surface area is 248 Å². The minimum Gasteiger partial charge on any atom is -0.451 e. The van der Waals surface area contributed by atoms with Crippen LogP contribution in [0.25, 0.3) is 0 Å². The Bertz CT molecular complexity index is 1330. The molecule has 4 aliphatic rings. The number of carbonyl (C=O) groups excluding carboxylic acids is 4. The van der Waals surface area contributed by atoms with Crippen molar-refractivity contribution >= 4 is 29.2 Å². The molecule has 0 aromatic heterocycles.